The summed E-state index contributed by atoms with van der Waals surface area (Å²) in [4.78, 5) is 15.9. The van der Waals surface area contributed by atoms with Gasteiger partial charge in [0.2, 0.25) is 5.82 Å². The van der Waals surface area contributed by atoms with Gasteiger partial charge in [0.1, 0.15) is 0 Å². The summed E-state index contributed by atoms with van der Waals surface area (Å²) in [6.45, 7) is 1.48. The van der Waals surface area contributed by atoms with Gasteiger partial charge in [0.15, 0.2) is 0 Å². The van der Waals surface area contributed by atoms with E-state index in [2.05, 4.69) is 4.98 Å². The number of methoxy groups -OCH3 is 1. The molecule has 0 saturated carbocycles. The Labute approximate surface area is 86.6 Å². The molecule has 6 heteroatoms. The van der Waals surface area contributed by atoms with Crippen LogP contribution in [0, 0.1) is 10.1 Å². The van der Waals surface area contributed by atoms with E-state index >= 15 is 0 Å². The van der Waals surface area contributed by atoms with Crippen LogP contribution in [-0.4, -0.2) is 36.2 Å². The van der Waals surface area contributed by atoms with E-state index in [0.717, 1.165) is 13.1 Å². The third-order valence-corrected chi connectivity index (χ3v) is 2.41. The predicted molar refractivity (Wildman–Crippen MR) is 53.9 cm³/mol. The van der Waals surface area contributed by atoms with Gasteiger partial charge in [-0.15, -0.1) is 0 Å². The number of nitrogens with zero attached hydrogens (tertiary/aromatic N) is 3. The first-order valence-electron chi connectivity index (χ1n) is 4.60. The van der Waals surface area contributed by atoms with Gasteiger partial charge in [0.05, 0.1) is 6.10 Å². The quantitative estimate of drug-likeness (QED) is 0.544. The van der Waals surface area contributed by atoms with E-state index in [1.807, 2.05) is 4.90 Å². The highest BCUT2D eigenvalue weighted by Crippen LogP contribution is 2.21. The van der Waals surface area contributed by atoms with E-state index < -0.39 is 4.92 Å². The summed E-state index contributed by atoms with van der Waals surface area (Å²) >= 11 is 0. The SMILES string of the molecule is COC1CN(c2cccc([N+](=O)[O-])n2)C1. The molecular formula is C9H11N3O3. The normalized spacial score (nSPS) is 16.2. The lowest BCUT2D eigenvalue weighted by Crippen LogP contribution is -2.52. The van der Waals surface area contributed by atoms with Gasteiger partial charge in [-0.1, -0.05) is 0 Å². The number of rotatable bonds is 3. The molecule has 1 aliphatic heterocycles. The number of pyridine rings is 1. The van der Waals surface area contributed by atoms with E-state index in [-0.39, 0.29) is 11.9 Å². The maximum Gasteiger partial charge on any atom is 0.365 e. The van der Waals surface area contributed by atoms with Crippen molar-refractivity contribution in [3.63, 3.8) is 0 Å². The van der Waals surface area contributed by atoms with Crippen molar-refractivity contribution in [2.45, 2.75) is 6.10 Å². The fraction of sp³-hybridized carbons (Fsp3) is 0.444. The number of nitro groups is 1. The van der Waals surface area contributed by atoms with Gasteiger partial charge >= 0.3 is 5.82 Å². The van der Waals surface area contributed by atoms with E-state index in [1.54, 1.807) is 19.2 Å². The minimum atomic E-state index is -0.489. The number of hydrogen-bond acceptors (Lipinski definition) is 5. The molecule has 1 aromatic rings. The summed E-state index contributed by atoms with van der Waals surface area (Å²) in [7, 11) is 1.66. The Bertz CT molecular complexity index is 377. The van der Waals surface area contributed by atoms with E-state index in [9.17, 15) is 10.1 Å². The van der Waals surface area contributed by atoms with Gasteiger partial charge < -0.3 is 19.8 Å². The zero-order chi connectivity index (χ0) is 10.8. The Hall–Kier alpha value is -1.69. The van der Waals surface area contributed by atoms with Crippen LogP contribution in [0.25, 0.3) is 0 Å². The van der Waals surface area contributed by atoms with Crippen molar-refractivity contribution in [2.24, 2.45) is 0 Å². The molecular weight excluding hydrogens is 198 g/mol. The highest BCUT2D eigenvalue weighted by molar-refractivity contribution is 5.45. The first kappa shape index (κ1) is 9.85. The second-order valence-electron chi connectivity index (χ2n) is 3.37. The summed E-state index contributed by atoms with van der Waals surface area (Å²) < 4.78 is 5.11. The summed E-state index contributed by atoms with van der Waals surface area (Å²) in [5, 5.41) is 10.5. The highest BCUT2D eigenvalue weighted by Gasteiger charge is 2.30. The Kier molecular flexibility index (Phi) is 2.51. The van der Waals surface area contributed by atoms with E-state index in [1.165, 1.54) is 6.07 Å². The van der Waals surface area contributed by atoms with Gasteiger partial charge in [0.25, 0.3) is 0 Å². The molecule has 1 aromatic heterocycles. The van der Waals surface area contributed by atoms with Crippen LogP contribution in [0.5, 0.6) is 0 Å². The monoisotopic (exact) mass is 209 g/mol. The average Bonchev–Trinajstić information content (AvgIpc) is 2.16. The Balaban J connectivity index is 2.10. The van der Waals surface area contributed by atoms with Gasteiger partial charge in [-0.05, 0) is 16.0 Å². The summed E-state index contributed by atoms with van der Waals surface area (Å²) in [5.74, 6) is 0.519. The number of hydrogen-bond donors (Lipinski definition) is 0. The molecule has 0 aromatic carbocycles. The molecule has 80 valence electrons. The van der Waals surface area contributed by atoms with Crippen molar-refractivity contribution < 1.29 is 9.66 Å². The van der Waals surface area contributed by atoms with Crippen LogP contribution in [-0.2, 0) is 4.74 Å². The maximum atomic E-state index is 10.5. The zero-order valence-corrected chi connectivity index (χ0v) is 8.29. The lowest BCUT2D eigenvalue weighted by atomic mass is 10.1. The largest absolute Gasteiger partial charge is 0.378 e. The van der Waals surface area contributed by atoms with Crippen LogP contribution in [0.15, 0.2) is 18.2 Å². The first-order chi connectivity index (χ1) is 7.20. The molecule has 15 heavy (non-hydrogen) atoms. The topological polar surface area (TPSA) is 68.5 Å². The molecule has 1 fully saturated rings. The van der Waals surface area contributed by atoms with Crippen molar-refractivity contribution in [3.8, 4) is 0 Å². The average molecular weight is 209 g/mol. The van der Waals surface area contributed by atoms with Crippen LogP contribution in [0.3, 0.4) is 0 Å². The van der Waals surface area contributed by atoms with Crippen LogP contribution < -0.4 is 4.90 Å². The number of anilines is 1. The van der Waals surface area contributed by atoms with Crippen molar-refractivity contribution >= 4 is 11.6 Å². The lowest BCUT2D eigenvalue weighted by molar-refractivity contribution is -0.389. The molecule has 0 spiro atoms. The second-order valence-corrected chi connectivity index (χ2v) is 3.37. The van der Waals surface area contributed by atoms with Crippen LogP contribution in [0.2, 0.25) is 0 Å². The van der Waals surface area contributed by atoms with Gasteiger partial charge in [-0.25, -0.2) is 0 Å². The number of aromatic nitrogens is 1. The molecule has 2 heterocycles. The highest BCUT2D eigenvalue weighted by atomic mass is 16.6. The third kappa shape index (κ3) is 1.89. The van der Waals surface area contributed by atoms with Crippen molar-refractivity contribution in [1.29, 1.82) is 0 Å². The van der Waals surface area contributed by atoms with E-state index in [0.29, 0.717) is 5.82 Å². The predicted octanol–water partition coefficient (Wildman–Crippen LogP) is 0.825. The molecule has 0 aliphatic carbocycles. The van der Waals surface area contributed by atoms with Crippen molar-refractivity contribution in [1.82, 2.24) is 4.98 Å². The van der Waals surface area contributed by atoms with Crippen molar-refractivity contribution in [3.05, 3.63) is 28.3 Å². The minimum absolute atomic E-state index is 0.117. The molecule has 0 atom stereocenters. The summed E-state index contributed by atoms with van der Waals surface area (Å²) in [5.41, 5.74) is 0. The third-order valence-electron chi connectivity index (χ3n) is 2.41. The van der Waals surface area contributed by atoms with E-state index in [4.69, 9.17) is 4.74 Å². The molecule has 1 aliphatic rings. The minimum Gasteiger partial charge on any atom is -0.378 e. The van der Waals surface area contributed by atoms with Crippen LogP contribution in [0.4, 0.5) is 11.6 Å². The van der Waals surface area contributed by atoms with Gasteiger partial charge in [0, 0.05) is 32.3 Å². The molecule has 0 unspecified atom stereocenters. The van der Waals surface area contributed by atoms with Gasteiger partial charge in [-0.3, -0.25) is 0 Å². The second kappa shape index (κ2) is 3.82. The van der Waals surface area contributed by atoms with Crippen LogP contribution in [0.1, 0.15) is 0 Å². The fourth-order valence-corrected chi connectivity index (χ4v) is 1.46. The Morgan fingerprint density at radius 1 is 1.60 bits per heavy atom. The summed E-state index contributed by atoms with van der Waals surface area (Å²) in [6.07, 6.45) is 0.214. The molecule has 0 radical (unpaired) electrons. The smallest absolute Gasteiger partial charge is 0.365 e. The molecule has 6 nitrogen and oxygen atoms in total. The fourth-order valence-electron chi connectivity index (χ4n) is 1.46. The standard InChI is InChI=1S/C9H11N3O3/c1-15-7-5-11(6-7)8-3-2-4-9(10-8)12(13)14/h2-4,7H,5-6H2,1H3. The Morgan fingerprint density at radius 3 is 2.93 bits per heavy atom. The van der Waals surface area contributed by atoms with Crippen molar-refractivity contribution in [2.75, 3.05) is 25.1 Å². The molecule has 1 saturated heterocycles. The molecule has 0 bridgehead atoms. The summed E-state index contributed by atoms with van der Waals surface area (Å²) in [6, 6.07) is 4.79. The first-order valence-corrected chi connectivity index (χ1v) is 4.60. The lowest BCUT2D eigenvalue weighted by Gasteiger charge is -2.36. The molecule has 0 N–H and O–H groups in total. The zero-order valence-electron chi connectivity index (χ0n) is 8.29. The molecule has 0 amide bonds. The van der Waals surface area contributed by atoms with Gasteiger partial charge in [-0.2, -0.15) is 0 Å². The Morgan fingerprint density at radius 2 is 2.33 bits per heavy atom. The maximum absolute atomic E-state index is 10.5. The number of ether oxygens (including phenoxy) is 1. The molecule has 2 rings (SSSR count). The van der Waals surface area contributed by atoms with Crippen LogP contribution >= 0.6 is 0 Å².